The maximum Gasteiger partial charge on any atom is 0.490 e. The number of carbonyl (C=O) groups excluding carboxylic acids is 4. The fourth-order valence-corrected chi connectivity index (χ4v) is 5.99. The Morgan fingerprint density at radius 1 is 1.20 bits per heavy atom. The number of fused-ring (bicyclic) bond motifs is 1. The summed E-state index contributed by atoms with van der Waals surface area (Å²) < 4.78 is 33.4. The smallest absolute Gasteiger partial charge is 0.490 e. The van der Waals surface area contributed by atoms with Crippen LogP contribution in [0.4, 0.5) is 18.9 Å². The van der Waals surface area contributed by atoms with Gasteiger partial charge in [0, 0.05) is 41.3 Å². The van der Waals surface area contributed by atoms with Crippen LogP contribution < -0.4 is 20.7 Å². The van der Waals surface area contributed by atoms with E-state index in [1.807, 2.05) is 6.07 Å². The van der Waals surface area contributed by atoms with E-state index >= 15 is 0 Å². The molecule has 0 radical (unpaired) electrons. The molecule has 2 atom stereocenters. The number of aromatic nitrogens is 1. The maximum absolute atomic E-state index is 13.1. The molecule has 3 aliphatic heterocycles. The molecule has 0 aliphatic carbocycles. The number of aliphatic carboxylic acids is 2. The van der Waals surface area contributed by atoms with Crippen LogP contribution in [-0.4, -0.2) is 79.6 Å². The molecule has 0 spiro atoms. The standard InChI is InChI=1S/C26H25N5O6S.C2HF3O2/c27-21-24(35)31-22(26(36)37)17(14-38-25(21)31)9-16-6-8-30(23(16)34)12-15-3-2-7-29(11-15)13-20(33)28-18-4-1-5-19(32)10-18;3-2(4,5)1(6)7/h1-5,7,9-11,21,25H,6,8,12-14,27H2,(H2-,28,32,33,36,37);(H,6,7)/b16-9+;/t21-,25-;/m1./s1. The molecule has 0 saturated carbocycles. The van der Waals surface area contributed by atoms with Crippen LogP contribution in [0.2, 0.25) is 0 Å². The molecule has 5 rings (SSSR count). The number of carbonyl (C=O) groups is 5. The second-order valence-corrected chi connectivity index (χ2v) is 11.1. The summed E-state index contributed by atoms with van der Waals surface area (Å²) in [6.07, 6.45) is 0.437. The number of benzene rings is 1. The minimum Gasteiger partial charge on any atom is -0.543 e. The lowest BCUT2D eigenvalue weighted by atomic mass is 10.0. The van der Waals surface area contributed by atoms with Crippen LogP contribution in [-0.2, 0) is 37.1 Å². The van der Waals surface area contributed by atoms with Gasteiger partial charge in [0.15, 0.2) is 12.4 Å². The first-order chi connectivity index (χ1) is 21.1. The quantitative estimate of drug-likeness (QED) is 0.178. The number of amides is 3. The van der Waals surface area contributed by atoms with E-state index in [-0.39, 0.29) is 29.8 Å². The van der Waals surface area contributed by atoms with Crippen LogP contribution in [0, 0.1) is 0 Å². The highest BCUT2D eigenvalue weighted by atomic mass is 32.2. The molecule has 4 heterocycles. The summed E-state index contributed by atoms with van der Waals surface area (Å²) in [5.74, 6) is -4.81. The average Bonchev–Trinajstić information content (AvgIpc) is 3.30. The number of rotatable bonds is 7. The van der Waals surface area contributed by atoms with Gasteiger partial charge in [-0.1, -0.05) is 6.07 Å². The zero-order valence-corrected chi connectivity index (χ0v) is 24.0. The third-order valence-electron chi connectivity index (χ3n) is 6.79. The minimum atomic E-state index is -5.08. The number of hydrogen-bond donors (Lipinski definition) is 4. The number of phenolic OH excluding ortho intramolecular Hbond substituents is 1. The van der Waals surface area contributed by atoms with Gasteiger partial charge in [-0.25, -0.2) is 4.79 Å². The molecule has 45 heavy (non-hydrogen) atoms. The van der Waals surface area contributed by atoms with Crippen LogP contribution >= 0.6 is 11.8 Å². The number of likely N-dealkylation sites (tertiary alicyclic amines) is 1. The van der Waals surface area contributed by atoms with Gasteiger partial charge in [0.2, 0.25) is 18.4 Å². The maximum atomic E-state index is 13.1. The van der Waals surface area contributed by atoms with Gasteiger partial charge in [-0.15, -0.1) is 11.8 Å². The largest absolute Gasteiger partial charge is 0.543 e. The van der Waals surface area contributed by atoms with Gasteiger partial charge in [-0.05, 0) is 36.3 Å². The molecule has 3 amide bonds. The fourth-order valence-electron chi connectivity index (χ4n) is 4.74. The summed E-state index contributed by atoms with van der Waals surface area (Å²) in [5.41, 5.74) is 7.70. The van der Waals surface area contributed by atoms with Crippen molar-refractivity contribution in [3.63, 3.8) is 0 Å². The van der Waals surface area contributed by atoms with Crippen molar-refractivity contribution in [2.75, 3.05) is 17.6 Å². The van der Waals surface area contributed by atoms with Gasteiger partial charge in [-0.3, -0.25) is 19.3 Å². The number of carboxylic acids is 2. The third kappa shape index (κ3) is 7.79. The van der Waals surface area contributed by atoms with Crippen molar-refractivity contribution >= 4 is 47.1 Å². The van der Waals surface area contributed by atoms with E-state index < -0.39 is 35.4 Å². The Morgan fingerprint density at radius 2 is 1.91 bits per heavy atom. The number of pyridine rings is 1. The number of anilines is 1. The number of phenols is 1. The molecular formula is C28H26F3N5O8S. The minimum absolute atomic E-state index is 0.0420. The molecule has 0 bridgehead atoms. The molecule has 238 valence electrons. The summed E-state index contributed by atoms with van der Waals surface area (Å²) in [6, 6.07) is 9.18. The molecule has 17 heteroatoms. The van der Waals surface area contributed by atoms with E-state index in [0.717, 1.165) is 10.5 Å². The fraction of sp³-hybridized carbons (Fsp3) is 0.286. The zero-order chi connectivity index (χ0) is 33.1. The first-order valence-electron chi connectivity index (χ1n) is 13.2. The van der Waals surface area contributed by atoms with Gasteiger partial charge < -0.3 is 36.1 Å². The van der Waals surface area contributed by atoms with Crippen molar-refractivity contribution in [3.05, 3.63) is 77.3 Å². The number of halogens is 3. The first kappa shape index (κ1) is 33.0. The number of nitrogens with zero attached hydrogens (tertiary/aromatic N) is 3. The van der Waals surface area contributed by atoms with Gasteiger partial charge >= 0.3 is 12.1 Å². The van der Waals surface area contributed by atoms with Crippen molar-refractivity contribution in [2.45, 2.75) is 37.1 Å². The Morgan fingerprint density at radius 3 is 2.56 bits per heavy atom. The second-order valence-electron chi connectivity index (χ2n) is 10.0. The predicted octanol–water partition coefficient (Wildman–Crippen LogP) is -0.143. The summed E-state index contributed by atoms with van der Waals surface area (Å²) in [7, 11) is 0. The van der Waals surface area contributed by atoms with Gasteiger partial charge in [-0.2, -0.15) is 17.7 Å². The summed E-state index contributed by atoms with van der Waals surface area (Å²) >= 11 is 1.36. The van der Waals surface area contributed by atoms with Crippen LogP contribution in [0.1, 0.15) is 12.0 Å². The van der Waals surface area contributed by atoms with E-state index in [0.29, 0.717) is 42.1 Å². The Balaban J connectivity index is 0.000000591. The van der Waals surface area contributed by atoms with Gasteiger partial charge in [0.1, 0.15) is 17.2 Å². The SMILES string of the molecule is N[C@@H]1C(=O)N2C(C(=O)[O-])=C(/C=C3\CCN(Cc4ccc[n+](CC(=O)Nc5cccc(O)c5)c4)C3=O)CS[C@H]12.O=C(O)C(F)(F)F. The third-order valence-corrected chi connectivity index (χ3v) is 8.11. The van der Waals surface area contributed by atoms with E-state index in [2.05, 4.69) is 5.32 Å². The van der Waals surface area contributed by atoms with Crippen LogP contribution in [0.25, 0.3) is 0 Å². The summed E-state index contributed by atoms with van der Waals surface area (Å²) in [4.78, 5) is 61.2. The van der Waals surface area contributed by atoms with Crippen molar-refractivity contribution in [2.24, 2.45) is 5.73 Å². The van der Waals surface area contributed by atoms with Crippen LogP contribution in [0.3, 0.4) is 0 Å². The second kappa shape index (κ2) is 13.4. The van der Waals surface area contributed by atoms with Crippen molar-refractivity contribution in [3.8, 4) is 5.75 Å². The molecule has 2 fully saturated rings. The normalized spacial score (nSPS) is 20.3. The number of hydrogen-bond acceptors (Lipinski definition) is 9. The monoisotopic (exact) mass is 649 g/mol. The van der Waals surface area contributed by atoms with Gasteiger partial charge in [0.25, 0.3) is 5.91 Å². The Labute approximate surface area is 257 Å². The van der Waals surface area contributed by atoms with E-state index in [4.69, 9.17) is 15.6 Å². The first-order valence-corrected chi connectivity index (χ1v) is 14.2. The number of carboxylic acid groups (broad SMARTS) is 2. The Kier molecular flexibility index (Phi) is 9.82. The lowest BCUT2D eigenvalue weighted by molar-refractivity contribution is -0.684. The highest BCUT2D eigenvalue weighted by molar-refractivity contribution is 8.00. The van der Waals surface area contributed by atoms with E-state index in [1.165, 1.54) is 23.9 Å². The lowest BCUT2D eigenvalue weighted by Crippen LogP contribution is -2.69. The molecule has 1 aromatic heterocycles. The molecule has 0 unspecified atom stereocenters. The number of aromatic hydroxyl groups is 1. The number of allylic oxidation sites excluding steroid dienone is 1. The summed E-state index contributed by atoms with van der Waals surface area (Å²) in [6.45, 7) is 0.808. The van der Waals surface area contributed by atoms with Crippen LogP contribution in [0.15, 0.2) is 71.7 Å². The van der Waals surface area contributed by atoms with E-state index in [9.17, 15) is 42.6 Å². The molecule has 5 N–H and O–H groups in total. The highest BCUT2D eigenvalue weighted by Gasteiger charge is 2.50. The topological polar surface area (TPSA) is 197 Å². The van der Waals surface area contributed by atoms with E-state index in [1.54, 1.807) is 46.1 Å². The number of nitrogens with two attached hydrogens (primary N) is 1. The summed E-state index contributed by atoms with van der Waals surface area (Å²) in [5, 5.41) is 30.8. The number of alkyl halides is 3. The molecular weight excluding hydrogens is 623 g/mol. The molecule has 3 aliphatic rings. The molecule has 2 aromatic rings. The average molecular weight is 650 g/mol. The van der Waals surface area contributed by atoms with Gasteiger partial charge in [0.05, 0.1) is 18.2 Å². The predicted molar refractivity (Wildman–Crippen MR) is 148 cm³/mol. The number of thioether (sulfide) groups is 1. The Bertz CT molecular complexity index is 1610. The zero-order valence-electron chi connectivity index (χ0n) is 23.2. The van der Waals surface area contributed by atoms with Crippen LogP contribution in [0.5, 0.6) is 5.75 Å². The molecule has 13 nitrogen and oxygen atoms in total. The lowest BCUT2D eigenvalue weighted by Gasteiger charge is -2.49. The van der Waals surface area contributed by atoms with Crippen molar-refractivity contribution in [1.82, 2.24) is 9.80 Å². The Hall–Kier alpha value is -4.90. The molecule has 2 saturated heterocycles. The highest BCUT2D eigenvalue weighted by Crippen LogP contribution is 2.40. The van der Waals surface area contributed by atoms with Crippen molar-refractivity contribution in [1.29, 1.82) is 0 Å². The molecule has 1 aromatic carbocycles. The number of β-lactam (4-membered cyclic amide) rings is 1. The number of nitrogens with one attached hydrogen (secondary N) is 1. The van der Waals surface area contributed by atoms with Crippen molar-refractivity contribution < 1.29 is 57.0 Å².